The van der Waals surface area contributed by atoms with Crippen LogP contribution in [-0.2, 0) is 14.8 Å². The van der Waals surface area contributed by atoms with Gasteiger partial charge < -0.3 is 10.1 Å². The highest BCUT2D eigenvalue weighted by Crippen LogP contribution is 2.22. The minimum absolute atomic E-state index is 0.0701. The van der Waals surface area contributed by atoms with E-state index < -0.39 is 23.1 Å². The number of hydrogen-bond donors (Lipinski definition) is 1. The lowest BCUT2D eigenvalue weighted by atomic mass is 10.3. The Bertz CT molecular complexity index is 521. The molecule has 0 aliphatic rings. The fourth-order valence-corrected chi connectivity index (χ4v) is 2.53. The molecule has 8 heteroatoms. The molecule has 1 aromatic carbocycles. The number of halogens is 2. The maximum absolute atomic E-state index is 12.1. The van der Waals surface area contributed by atoms with Gasteiger partial charge in [-0.3, -0.25) is 0 Å². The molecule has 0 spiro atoms. The maximum Gasteiger partial charge on any atom is 0.261 e. The van der Waals surface area contributed by atoms with E-state index in [1.807, 2.05) is 0 Å². The Morgan fingerprint density at radius 1 is 1.30 bits per heavy atom. The number of nitrogens with one attached hydrogen (secondary N) is 1. The summed E-state index contributed by atoms with van der Waals surface area (Å²) in [6.45, 7) is -0.313. The molecule has 114 valence electrons. The van der Waals surface area contributed by atoms with Crippen molar-refractivity contribution in [2.75, 3.05) is 39.2 Å². The predicted octanol–water partition coefficient (Wildman–Crippen LogP) is 1.63. The van der Waals surface area contributed by atoms with Gasteiger partial charge in [0.25, 0.3) is 6.43 Å². The van der Waals surface area contributed by atoms with Crippen LogP contribution >= 0.6 is 0 Å². The highest BCUT2D eigenvalue weighted by Gasteiger charge is 2.20. The number of rotatable bonds is 8. The summed E-state index contributed by atoms with van der Waals surface area (Å²) in [7, 11) is -0.669. The average Bonchev–Trinajstić information content (AvgIpc) is 2.38. The first kappa shape index (κ1) is 16.8. The molecule has 0 heterocycles. The molecule has 0 aromatic heterocycles. The Labute approximate surface area is 117 Å². The Hall–Kier alpha value is -1.25. The van der Waals surface area contributed by atoms with Crippen molar-refractivity contribution in [2.24, 2.45) is 0 Å². The van der Waals surface area contributed by atoms with Crippen molar-refractivity contribution in [1.82, 2.24) is 4.31 Å². The minimum atomic E-state index is -3.55. The third-order valence-electron chi connectivity index (χ3n) is 2.45. The number of sulfonamides is 1. The van der Waals surface area contributed by atoms with E-state index in [2.05, 4.69) is 5.32 Å². The molecule has 0 fully saturated rings. The summed E-state index contributed by atoms with van der Waals surface area (Å²) in [5.74, 6) is 0. The standard InChI is InChI=1S/C12H18F2N2O3S/c1-16(2)20(17,18)11-6-4-3-5-10(11)15-7-8-19-9-12(13)14/h3-6,12,15H,7-9H2,1-2H3. The summed E-state index contributed by atoms with van der Waals surface area (Å²) in [4.78, 5) is 0.138. The molecule has 1 N–H and O–H groups in total. The molecular formula is C12H18F2N2O3S. The van der Waals surface area contributed by atoms with Crippen LogP contribution in [-0.4, -0.2) is 53.0 Å². The highest BCUT2D eigenvalue weighted by molar-refractivity contribution is 7.89. The molecule has 1 aromatic rings. The highest BCUT2D eigenvalue weighted by atomic mass is 32.2. The largest absolute Gasteiger partial charge is 0.382 e. The van der Waals surface area contributed by atoms with Crippen LogP contribution in [0.5, 0.6) is 0 Å². The molecule has 0 amide bonds. The van der Waals surface area contributed by atoms with Gasteiger partial charge in [0.15, 0.2) is 0 Å². The fraction of sp³-hybridized carbons (Fsp3) is 0.500. The van der Waals surface area contributed by atoms with Gasteiger partial charge in [-0.1, -0.05) is 12.1 Å². The lowest BCUT2D eigenvalue weighted by Crippen LogP contribution is -2.24. The summed E-state index contributed by atoms with van der Waals surface area (Å²) in [6, 6.07) is 6.41. The van der Waals surface area contributed by atoms with Crippen LogP contribution in [0, 0.1) is 0 Å². The van der Waals surface area contributed by atoms with Gasteiger partial charge in [-0.2, -0.15) is 0 Å². The third-order valence-corrected chi connectivity index (χ3v) is 4.32. The van der Waals surface area contributed by atoms with Crippen molar-refractivity contribution < 1.29 is 21.9 Å². The number of nitrogens with zero attached hydrogens (tertiary/aromatic N) is 1. The normalized spacial score (nSPS) is 12.1. The first-order chi connectivity index (χ1) is 9.35. The van der Waals surface area contributed by atoms with E-state index in [1.54, 1.807) is 18.2 Å². The second-order valence-corrected chi connectivity index (χ2v) is 6.30. The first-order valence-corrected chi connectivity index (χ1v) is 7.41. The molecule has 0 bridgehead atoms. The van der Waals surface area contributed by atoms with E-state index in [-0.39, 0.29) is 18.0 Å². The van der Waals surface area contributed by atoms with Gasteiger partial charge in [0.1, 0.15) is 11.5 Å². The predicted molar refractivity (Wildman–Crippen MR) is 72.6 cm³/mol. The van der Waals surface area contributed by atoms with Gasteiger partial charge in [0.05, 0.1) is 12.3 Å². The first-order valence-electron chi connectivity index (χ1n) is 5.97. The van der Waals surface area contributed by atoms with Crippen molar-refractivity contribution in [3.05, 3.63) is 24.3 Å². The number of alkyl halides is 2. The number of anilines is 1. The van der Waals surface area contributed by atoms with Gasteiger partial charge in [-0.15, -0.1) is 0 Å². The van der Waals surface area contributed by atoms with Crippen molar-refractivity contribution in [1.29, 1.82) is 0 Å². The van der Waals surface area contributed by atoms with E-state index in [9.17, 15) is 17.2 Å². The summed E-state index contributed by atoms with van der Waals surface area (Å²) in [5, 5.41) is 2.87. The second-order valence-electron chi connectivity index (χ2n) is 4.18. The zero-order chi connectivity index (χ0) is 15.2. The van der Waals surface area contributed by atoms with Gasteiger partial charge >= 0.3 is 0 Å². The summed E-state index contributed by atoms with van der Waals surface area (Å²) in [5.41, 5.74) is 0.418. The molecule has 0 atom stereocenters. The quantitative estimate of drug-likeness (QED) is 0.742. The van der Waals surface area contributed by atoms with Crippen molar-refractivity contribution in [3.8, 4) is 0 Å². The topological polar surface area (TPSA) is 58.6 Å². The Balaban J connectivity index is 2.68. The average molecular weight is 308 g/mol. The molecule has 0 unspecified atom stereocenters. The van der Waals surface area contributed by atoms with E-state index in [4.69, 9.17) is 4.74 Å². The molecule has 0 aliphatic carbocycles. The molecule has 0 radical (unpaired) electrons. The zero-order valence-electron chi connectivity index (χ0n) is 11.3. The molecule has 0 saturated heterocycles. The Morgan fingerprint density at radius 2 is 1.95 bits per heavy atom. The van der Waals surface area contributed by atoms with Crippen LogP contribution in [0.3, 0.4) is 0 Å². The second kappa shape index (κ2) is 7.51. The SMILES string of the molecule is CN(C)S(=O)(=O)c1ccccc1NCCOCC(F)F. The van der Waals surface area contributed by atoms with Crippen LogP contribution in [0.2, 0.25) is 0 Å². The van der Waals surface area contributed by atoms with Crippen molar-refractivity contribution >= 4 is 15.7 Å². The molecule has 5 nitrogen and oxygen atoms in total. The number of hydrogen-bond acceptors (Lipinski definition) is 4. The fourth-order valence-electron chi connectivity index (χ4n) is 1.46. The van der Waals surface area contributed by atoms with Gasteiger partial charge in [-0.25, -0.2) is 21.5 Å². The van der Waals surface area contributed by atoms with Crippen LogP contribution in [0.15, 0.2) is 29.2 Å². The van der Waals surface area contributed by atoms with Gasteiger partial charge in [0, 0.05) is 20.6 Å². The van der Waals surface area contributed by atoms with Gasteiger partial charge in [0.2, 0.25) is 10.0 Å². The molecule has 0 aliphatic heterocycles. The Morgan fingerprint density at radius 3 is 2.55 bits per heavy atom. The lowest BCUT2D eigenvalue weighted by Gasteiger charge is -2.16. The summed E-state index contributed by atoms with van der Waals surface area (Å²) in [6.07, 6.45) is -2.50. The van der Waals surface area contributed by atoms with Crippen molar-refractivity contribution in [2.45, 2.75) is 11.3 Å². The number of ether oxygens (including phenoxy) is 1. The Kier molecular flexibility index (Phi) is 6.31. The third kappa shape index (κ3) is 4.69. The molecule has 20 heavy (non-hydrogen) atoms. The van der Waals surface area contributed by atoms with Crippen molar-refractivity contribution in [3.63, 3.8) is 0 Å². The lowest BCUT2D eigenvalue weighted by molar-refractivity contribution is 0.0215. The van der Waals surface area contributed by atoms with Crippen LogP contribution in [0.25, 0.3) is 0 Å². The minimum Gasteiger partial charge on any atom is -0.382 e. The zero-order valence-corrected chi connectivity index (χ0v) is 12.2. The molecular weight excluding hydrogens is 290 g/mol. The number of benzene rings is 1. The van der Waals surface area contributed by atoms with E-state index >= 15 is 0 Å². The van der Waals surface area contributed by atoms with E-state index in [1.165, 1.54) is 20.2 Å². The van der Waals surface area contributed by atoms with Crippen LogP contribution in [0.1, 0.15) is 0 Å². The van der Waals surface area contributed by atoms with Crippen LogP contribution < -0.4 is 5.32 Å². The smallest absolute Gasteiger partial charge is 0.261 e. The number of para-hydroxylation sites is 1. The summed E-state index contributed by atoms with van der Waals surface area (Å²) < 4.78 is 53.7. The van der Waals surface area contributed by atoms with E-state index in [0.29, 0.717) is 5.69 Å². The maximum atomic E-state index is 12.1. The molecule has 1 rings (SSSR count). The van der Waals surface area contributed by atoms with Crippen LogP contribution in [0.4, 0.5) is 14.5 Å². The monoisotopic (exact) mass is 308 g/mol. The summed E-state index contributed by atoms with van der Waals surface area (Å²) >= 11 is 0. The van der Waals surface area contributed by atoms with Gasteiger partial charge in [-0.05, 0) is 12.1 Å². The molecule has 0 saturated carbocycles. The van der Waals surface area contributed by atoms with E-state index in [0.717, 1.165) is 4.31 Å².